The van der Waals surface area contributed by atoms with E-state index in [9.17, 15) is 9.59 Å². The summed E-state index contributed by atoms with van der Waals surface area (Å²) in [6.07, 6.45) is 3.58. The standard InChI is InChI=1S/C15H21N3O3S/c19-14(17-4-7-22-8-5-17)9-13-15(20)16-2-3-18(13)10-12-1-6-21-11-12/h1,6,11,13H,2-5,7-10H2,(H,16,20). The summed E-state index contributed by atoms with van der Waals surface area (Å²) in [6.45, 7) is 3.60. The highest BCUT2D eigenvalue weighted by molar-refractivity contribution is 7.99. The van der Waals surface area contributed by atoms with Crippen molar-refractivity contribution in [2.45, 2.75) is 19.0 Å². The van der Waals surface area contributed by atoms with E-state index in [0.29, 0.717) is 13.1 Å². The van der Waals surface area contributed by atoms with Gasteiger partial charge in [0.05, 0.1) is 25.0 Å². The molecule has 1 unspecified atom stereocenters. The molecule has 0 aromatic carbocycles. The molecule has 1 aromatic rings. The van der Waals surface area contributed by atoms with E-state index in [4.69, 9.17) is 4.42 Å². The molecule has 1 N–H and O–H groups in total. The number of hydrogen-bond acceptors (Lipinski definition) is 5. The van der Waals surface area contributed by atoms with Crippen LogP contribution in [0.3, 0.4) is 0 Å². The Balaban J connectivity index is 1.64. The quantitative estimate of drug-likeness (QED) is 0.876. The molecular formula is C15H21N3O3S. The number of carbonyl (C=O) groups is 2. The summed E-state index contributed by atoms with van der Waals surface area (Å²) in [6, 6.07) is 1.51. The highest BCUT2D eigenvalue weighted by Crippen LogP contribution is 2.17. The van der Waals surface area contributed by atoms with Crippen LogP contribution in [0.4, 0.5) is 0 Å². The van der Waals surface area contributed by atoms with E-state index in [1.807, 2.05) is 22.7 Å². The Hall–Kier alpha value is -1.47. The Bertz CT molecular complexity index is 514. The van der Waals surface area contributed by atoms with Crippen LogP contribution >= 0.6 is 11.8 Å². The maximum absolute atomic E-state index is 12.5. The molecule has 1 aromatic heterocycles. The minimum absolute atomic E-state index is 0.0468. The molecule has 6 nitrogen and oxygen atoms in total. The minimum Gasteiger partial charge on any atom is -0.472 e. The van der Waals surface area contributed by atoms with Gasteiger partial charge in [-0.2, -0.15) is 11.8 Å². The maximum Gasteiger partial charge on any atom is 0.237 e. The Morgan fingerprint density at radius 2 is 2.18 bits per heavy atom. The number of hydrogen-bond donors (Lipinski definition) is 1. The zero-order chi connectivity index (χ0) is 15.4. The maximum atomic E-state index is 12.5. The van der Waals surface area contributed by atoms with Crippen molar-refractivity contribution in [3.05, 3.63) is 24.2 Å². The van der Waals surface area contributed by atoms with Gasteiger partial charge in [0.25, 0.3) is 0 Å². The fourth-order valence-corrected chi connectivity index (χ4v) is 3.80. The lowest BCUT2D eigenvalue weighted by Crippen LogP contribution is -2.56. The lowest BCUT2D eigenvalue weighted by molar-refractivity contribution is -0.138. The molecule has 0 aliphatic carbocycles. The molecule has 2 amide bonds. The van der Waals surface area contributed by atoms with Gasteiger partial charge in [0, 0.05) is 49.8 Å². The molecule has 2 saturated heterocycles. The number of amides is 2. The summed E-state index contributed by atoms with van der Waals surface area (Å²) in [7, 11) is 0. The molecule has 0 bridgehead atoms. The lowest BCUT2D eigenvalue weighted by atomic mass is 10.1. The average molecular weight is 323 g/mol. The van der Waals surface area contributed by atoms with Crippen LogP contribution < -0.4 is 5.32 Å². The van der Waals surface area contributed by atoms with Crippen molar-refractivity contribution < 1.29 is 14.0 Å². The first-order chi connectivity index (χ1) is 10.7. The van der Waals surface area contributed by atoms with Crippen molar-refractivity contribution in [3.8, 4) is 0 Å². The molecule has 3 rings (SSSR count). The molecule has 2 fully saturated rings. The second-order valence-electron chi connectivity index (χ2n) is 5.61. The molecule has 22 heavy (non-hydrogen) atoms. The van der Waals surface area contributed by atoms with Gasteiger partial charge in [0.1, 0.15) is 0 Å². The van der Waals surface area contributed by atoms with Crippen LogP contribution in [0, 0.1) is 0 Å². The first kappa shape index (κ1) is 15.4. The number of rotatable bonds is 4. The van der Waals surface area contributed by atoms with Gasteiger partial charge >= 0.3 is 0 Å². The van der Waals surface area contributed by atoms with Crippen molar-refractivity contribution >= 4 is 23.6 Å². The molecule has 120 valence electrons. The van der Waals surface area contributed by atoms with Crippen molar-refractivity contribution in [2.24, 2.45) is 0 Å². The second-order valence-corrected chi connectivity index (χ2v) is 6.83. The zero-order valence-electron chi connectivity index (χ0n) is 12.5. The summed E-state index contributed by atoms with van der Waals surface area (Å²) in [5.74, 6) is 2.01. The van der Waals surface area contributed by atoms with Gasteiger partial charge in [0.2, 0.25) is 11.8 Å². The number of nitrogens with one attached hydrogen (secondary N) is 1. The van der Waals surface area contributed by atoms with E-state index in [1.54, 1.807) is 12.5 Å². The van der Waals surface area contributed by atoms with Gasteiger partial charge in [-0.15, -0.1) is 0 Å². The summed E-state index contributed by atoms with van der Waals surface area (Å²) >= 11 is 1.87. The smallest absolute Gasteiger partial charge is 0.237 e. The number of carbonyl (C=O) groups excluding carboxylic acids is 2. The first-order valence-corrected chi connectivity index (χ1v) is 8.78. The Morgan fingerprint density at radius 1 is 1.36 bits per heavy atom. The third kappa shape index (κ3) is 3.64. The fourth-order valence-electron chi connectivity index (χ4n) is 2.90. The highest BCUT2D eigenvalue weighted by Gasteiger charge is 2.33. The van der Waals surface area contributed by atoms with Crippen molar-refractivity contribution in [2.75, 3.05) is 37.7 Å². The van der Waals surface area contributed by atoms with E-state index >= 15 is 0 Å². The predicted octanol–water partition coefficient (Wildman–Crippen LogP) is 0.545. The van der Waals surface area contributed by atoms with Crippen LogP contribution in [-0.2, 0) is 16.1 Å². The summed E-state index contributed by atoms with van der Waals surface area (Å²) in [4.78, 5) is 28.6. The van der Waals surface area contributed by atoms with E-state index in [1.165, 1.54) is 0 Å². The topological polar surface area (TPSA) is 65.8 Å². The van der Waals surface area contributed by atoms with Crippen LogP contribution in [0.2, 0.25) is 0 Å². The molecule has 0 saturated carbocycles. The molecule has 1 atom stereocenters. The normalized spacial score (nSPS) is 23.4. The van der Waals surface area contributed by atoms with E-state index < -0.39 is 0 Å². The molecule has 2 aliphatic heterocycles. The molecule has 0 radical (unpaired) electrons. The number of piperazine rings is 1. The van der Waals surface area contributed by atoms with Gasteiger partial charge in [0.15, 0.2) is 0 Å². The third-order valence-electron chi connectivity index (χ3n) is 4.14. The summed E-state index contributed by atoms with van der Waals surface area (Å²) in [5.41, 5.74) is 1.03. The van der Waals surface area contributed by atoms with Crippen LogP contribution in [0.15, 0.2) is 23.0 Å². The summed E-state index contributed by atoms with van der Waals surface area (Å²) < 4.78 is 5.09. The van der Waals surface area contributed by atoms with E-state index in [-0.39, 0.29) is 24.3 Å². The Morgan fingerprint density at radius 3 is 2.91 bits per heavy atom. The number of thioether (sulfide) groups is 1. The van der Waals surface area contributed by atoms with Crippen molar-refractivity contribution in [1.82, 2.24) is 15.1 Å². The SMILES string of the molecule is O=C1NCCN(Cc2ccoc2)C1CC(=O)N1CCSCC1. The fraction of sp³-hybridized carbons (Fsp3) is 0.600. The highest BCUT2D eigenvalue weighted by atomic mass is 32.2. The average Bonchev–Trinajstić information content (AvgIpc) is 3.04. The largest absolute Gasteiger partial charge is 0.472 e. The second kappa shape index (κ2) is 7.19. The van der Waals surface area contributed by atoms with Crippen LogP contribution in [0.25, 0.3) is 0 Å². The Kier molecular flexibility index (Phi) is 5.04. The van der Waals surface area contributed by atoms with E-state index in [0.717, 1.165) is 36.7 Å². The van der Waals surface area contributed by atoms with Gasteiger partial charge in [-0.1, -0.05) is 0 Å². The van der Waals surface area contributed by atoms with Crippen molar-refractivity contribution in [3.63, 3.8) is 0 Å². The summed E-state index contributed by atoms with van der Waals surface area (Å²) in [5, 5.41) is 2.87. The van der Waals surface area contributed by atoms with E-state index in [2.05, 4.69) is 10.2 Å². The van der Waals surface area contributed by atoms with Crippen LogP contribution in [-0.4, -0.2) is 65.3 Å². The molecule has 0 spiro atoms. The predicted molar refractivity (Wildman–Crippen MR) is 84.4 cm³/mol. The molecule has 7 heteroatoms. The van der Waals surface area contributed by atoms with Gasteiger partial charge in [-0.3, -0.25) is 14.5 Å². The number of furan rings is 1. The van der Waals surface area contributed by atoms with Gasteiger partial charge in [-0.25, -0.2) is 0 Å². The third-order valence-corrected chi connectivity index (χ3v) is 5.08. The monoisotopic (exact) mass is 323 g/mol. The lowest BCUT2D eigenvalue weighted by Gasteiger charge is -2.36. The number of nitrogens with zero attached hydrogens (tertiary/aromatic N) is 2. The minimum atomic E-state index is -0.384. The van der Waals surface area contributed by atoms with Crippen LogP contribution in [0.1, 0.15) is 12.0 Å². The van der Waals surface area contributed by atoms with Crippen LogP contribution in [0.5, 0.6) is 0 Å². The molecule has 3 heterocycles. The van der Waals surface area contributed by atoms with Crippen molar-refractivity contribution in [1.29, 1.82) is 0 Å². The van der Waals surface area contributed by atoms with Gasteiger partial charge in [-0.05, 0) is 6.07 Å². The Labute approximate surface area is 134 Å². The molecular weight excluding hydrogens is 302 g/mol. The first-order valence-electron chi connectivity index (χ1n) is 7.62. The zero-order valence-corrected chi connectivity index (χ0v) is 13.3. The van der Waals surface area contributed by atoms with Gasteiger partial charge < -0.3 is 14.6 Å². The molecule has 2 aliphatic rings.